The zero-order valence-electron chi connectivity index (χ0n) is 9.23. The molecule has 4 nitrogen and oxygen atoms in total. The van der Waals surface area contributed by atoms with Gasteiger partial charge < -0.3 is 10.1 Å². The highest BCUT2D eigenvalue weighted by Crippen LogP contribution is 2.25. The highest BCUT2D eigenvalue weighted by molar-refractivity contribution is 5.27. The number of hydrogen-bond donors (Lipinski definition) is 1. The van der Waals surface area contributed by atoms with E-state index in [0.29, 0.717) is 12.1 Å². The maximum Gasteiger partial charge on any atom is 0.222 e. The molecule has 0 spiro atoms. The van der Waals surface area contributed by atoms with Gasteiger partial charge in [0.25, 0.3) is 0 Å². The van der Waals surface area contributed by atoms with Crippen LogP contribution in [0.2, 0.25) is 0 Å². The molecule has 0 aliphatic heterocycles. The molecule has 0 unspecified atom stereocenters. The van der Waals surface area contributed by atoms with Crippen LogP contribution in [0.15, 0.2) is 12.4 Å². The van der Waals surface area contributed by atoms with Crippen molar-refractivity contribution >= 4 is 5.95 Å². The van der Waals surface area contributed by atoms with Crippen molar-refractivity contribution in [1.29, 1.82) is 0 Å². The first-order valence-corrected chi connectivity index (χ1v) is 5.44. The van der Waals surface area contributed by atoms with E-state index in [1.165, 1.54) is 0 Å². The summed E-state index contributed by atoms with van der Waals surface area (Å²) in [5.41, 5.74) is 1.08. The zero-order chi connectivity index (χ0) is 10.7. The molecule has 15 heavy (non-hydrogen) atoms. The van der Waals surface area contributed by atoms with Gasteiger partial charge in [0.05, 0.1) is 6.10 Å². The standard InChI is InChI=1S/C11H17N3O/c1-3-15-10-4-9(5-10)14-11-12-6-8(2)7-13-11/h6-7,9-10H,3-5H2,1-2H3,(H,12,13,14). The van der Waals surface area contributed by atoms with Crippen molar-refractivity contribution in [3.05, 3.63) is 18.0 Å². The van der Waals surface area contributed by atoms with E-state index in [2.05, 4.69) is 15.3 Å². The van der Waals surface area contributed by atoms with Gasteiger partial charge in [0.15, 0.2) is 0 Å². The molecule has 1 aromatic rings. The van der Waals surface area contributed by atoms with E-state index in [0.717, 1.165) is 31.0 Å². The second kappa shape index (κ2) is 4.57. The number of aryl methyl sites for hydroxylation is 1. The fourth-order valence-electron chi connectivity index (χ4n) is 1.70. The molecule has 1 N–H and O–H groups in total. The van der Waals surface area contributed by atoms with Gasteiger partial charge in [-0.15, -0.1) is 0 Å². The molecule has 1 aliphatic carbocycles. The molecule has 0 saturated heterocycles. The fraction of sp³-hybridized carbons (Fsp3) is 0.636. The summed E-state index contributed by atoms with van der Waals surface area (Å²) in [5.74, 6) is 0.723. The largest absolute Gasteiger partial charge is 0.378 e. The number of nitrogens with one attached hydrogen (secondary N) is 1. The monoisotopic (exact) mass is 207 g/mol. The number of aromatic nitrogens is 2. The Kier molecular flexibility index (Phi) is 3.16. The highest BCUT2D eigenvalue weighted by atomic mass is 16.5. The number of anilines is 1. The third kappa shape index (κ3) is 2.65. The molecule has 0 amide bonds. The summed E-state index contributed by atoms with van der Waals surface area (Å²) in [7, 11) is 0. The van der Waals surface area contributed by atoms with E-state index in [1.807, 2.05) is 26.2 Å². The molecule has 1 saturated carbocycles. The van der Waals surface area contributed by atoms with Gasteiger partial charge in [0.1, 0.15) is 0 Å². The summed E-state index contributed by atoms with van der Waals surface area (Å²) in [6, 6.07) is 0.476. The molecule has 1 heterocycles. The predicted molar refractivity (Wildman–Crippen MR) is 58.8 cm³/mol. The van der Waals surface area contributed by atoms with E-state index < -0.39 is 0 Å². The van der Waals surface area contributed by atoms with Crippen molar-refractivity contribution in [3.63, 3.8) is 0 Å². The Bertz CT molecular complexity index is 306. The minimum Gasteiger partial charge on any atom is -0.378 e. The number of hydrogen-bond acceptors (Lipinski definition) is 4. The quantitative estimate of drug-likeness (QED) is 0.817. The van der Waals surface area contributed by atoms with Crippen molar-refractivity contribution in [1.82, 2.24) is 9.97 Å². The van der Waals surface area contributed by atoms with Crippen LogP contribution in [0.1, 0.15) is 25.3 Å². The predicted octanol–water partition coefficient (Wildman–Crippen LogP) is 1.76. The molecular weight excluding hydrogens is 190 g/mol. The summed E-state index contributed by atoms with van der Waals surface area (Å²) in [5, 5.41) is 3.29. The van der Waals surface area contributed by atoms with Crippen LogP contribution in [-0.4, -0.2) is 28.7 Å². The van der Waals surface area contributed by atoms with Crippen molar-refractivity contribution in [3.8, 4) is 0 Å². The summed E-state index contributed by atoms with van der Waals surface area (Å²) in [4.78, 5) is 8.42. The summed E-state index contributed by atoms with van der Waals surface area (Å²) in [6.07, 6.45) is 6.20. The summed E-state index contributed by atoms with van der Waals surface area (Å²) >= 11 is 0. The second-order valence-electron chi connectivity index (χ2n) is 3.97. The summed E-state index contributed by atoms with van der Waals surface area (Å²) in [6.45, 7) is 4.82. The molecule has 0 bridgehead atoms. The van der Waals surface area contributed by atoms with Crippen LogP contribution in [0.4, 0.5) is 5.95 Å². The van der Waals surface area contributed by atoms with Crippen LogP contribution in [0.3, 0.4) is 0 Å². The minimum atomic E-state index is 0.429. The van der Waals surface area contributed by atoms with Gasteiger partial charge in [-0.05, 0) is 32.3 Å². The van der Waals surface area contributed by atoms with Gasteiger partial charge >= 0.3 is 0 Å². The van der Waals surface area contributed by atoms with E-state index in [9.17, 15) is 0 Å². The first-order valence-electron chi connectivity index (χ1n) is 5.44. The Morgan fingerprint density at radius 3 is 2.67 bits per heavy atom. The first kappa shape index (κ1) is 10.4. The van der Waals surface area contributed by atoms with Gasteiger partial charge in [-0.2, -0.15) is 0 Å². The normalized spacial score (nSPS) is 24.7. The molecule has 1 aliphatic rings. The van der Waals surface area contributed by atoms with Gasteiger partial charge in [0, 0.05) is 25.0 Å². The lowest BCUT2D eigenvalue weighted by Crippen LogP contribution is -2.41. The van der Waals surface area contributed by atoms with Gasteiger partial charge in [-0.3, -0.25) is 0 Å². The lowest BCUT2D eigenvalue weighted by Gasteiger charge is -2.35. The molecule has 0 atom stereocenters. The Morgan fingerprint density at radius 1 is 1.40 bits per heavy atom. The fourth-order valence-corrected chi connectivity index (χ4v) is 1.70. The lowest BCUT2D eigenvalue weighted by atomic mass is 9.89. The van der Waals surface area contributed by atoms with E-state index >= 15 is 0 Å². The third-order valence-electron chi connectivity index (χ3n) is 2.61. The smallest absolute Gasteiger partial charge is 0.222 e. The lowest BCUT2D eigenvalue weighted by molar-refractivity contribution is 0.00285. The molecule has 2 rings (SSSR count). The molecule has 0 aromatic carbocycles. The van der Waals surface area contributed by atoms with Crippen molar-refractivity contribution in [2.75, 3.05) is 11.9 Å². The van der Waals surface area contributed by atoms with Gasteiger partial charge in [0.2, 0.25) is 5.95 Å². The van der Waals surface area contributed by atoms with E-state index in [4.69, 9.17) is 4.74 Å². The molecule has 0 radical (unpaired) electrons. The molecule has 1 fully saturated rings. The van der Waals surface area contributed by atoms with Crippen LogP contribution >= 0.6 is 0 Å². The number of rotatable bonds is 4. The number of nitrogens with zero attached hydrogens (tertiary/aromatic N) is 2. The van der Waals surface area contributed by atoms with Crippen molar-refractivity contribution in [2.45, 2.75) is 38.8 Å². The van der Waals surface area contributed by atoms with Crippen LogP contribution in [0.25, 0.3) is 0 Å². The maximum atomic E-state index is 5.48. The summed E-state index contributed by atoms with van der Waals surface area (Å²) < 4.78 is 5.48. The topological polar surface area (TPSA) is 47.0 Å². The Morgan fingerprint density at radius 2 is 2.07 bits per heavy atom. The van der Waals surface area contributed by atoms with E-state index in [1.54, 1.807) is 0 Å². The van der Waals surface area contributed by atoms with Crippen LogP contribution < -0.4 is 5.32 Å². The minimum absolute atomic E-state index is 0.429. The molecule has 1 aromatic heterocycles. The maximum absolute atomic E-state index is 5.48. The average molecular weight is 207 g/mol. The van der Waals surface area contributed by atoms with Crippen molar-refractivity contribution in [2.24, 2.45) is 0 Å². The van der Waals surface area contributed by atoms with E-state index in [-0.39, 0.29) is 0 Å². The molecule has 82 valence electrons. The van der Waals surface area contributed by atoms with Crippen LogP contribution in [-0.2, 0) is 4.74 Å². The Hall–Kier alpha value is -1.16. The van der Waals surface area contributed by atoms with Crippen LogP contribution in [0.5, 0.6) is 0 Å². The Labute approximate surface area is 90.1 Å². The zero-order valence-corrected chi connectivity index (χ0v) is 9.23. The van der Waals surface area contributed by atoms with Crippen molar-refractivity contribution < 1.29 is 4.74 Å². The number of ether oxygens (including phenoxy) is 1. The molecule has 4 heteroatoms. The van der Waals surface area contributed by atoms with Crippen LogP contribution in [0, 0.1) is 6.92 Å². The first-order chi connectivity index (χ1) is 7.28. The SMILES string of the molecule is CCOC1CC(Nc2ncc(C)cn2)C1. The molecular formula is C11H17N3O. The Balaban J connectivity index is 1.77. The third-order valence-corrected chi connectivity index (χ3v) is 2.61. The highest BCUT2D eigenvalue weighted by Gasteiger charge is 2.29. The second-order valence-corrected chi connectivity index (χ2v) is 3.97. The average Bonchev–Trinajstić information content (AvgIpc) is 2.18. The van der Waals surface area contributed by atoms with Gasteiger partial charge in [-0.1, -0.05) is 0 Å². The van der Waals surface area contributed by atoms with Gasteiger partial charge in [-0.25, -0.2) is 9.97 Å².